The van der Waals surface area contributed by atoms with Gasteiger partial charge in [0.05, 0.1) is 22.9 Å². The Balaban J connectivity index is 1.74. The largest absolute Gasteiger partial charge is 0.443 e. The van der Waals surface area contributed by atoms with Crippen LogP contribution in [-0.2, 0) is 22.0 Å². The molecule has 2 aliphatic heterocycles. The molecule has 0 bridgehead atoms. The Morgan fingerprint density at radius 3 is 2.33 bits per heavy atom. The van der Waals surface area contributed by atoms with Crippen LogP contribution in [0, 0.1) is 11.8 Å². The van der Waals surface area contributed by atoms with Crippen LogP contribution in [0.15, 0.2) is 42.5 Å². The van der Waals surface area contributed by atoms with E-state index in [0.29, 0.717) is 32.4 Å². The number of aromatic nitrogens is 1. The van der Waals surface area contributed by atoms with Gasteiger partial charge in [-0.25, -0.2) is 14.4 Å². The monoisotopic (exact) mass is 691 g/mol. The third-order valence-electron chi connectivity index (χ3n) is 11.2. The van der Waals surface area contributed by atoms with Crippen molar-refractivity contribution in [2.75, 3.05) is 24.8 Å². The van der Waals surface area contributed by atoms with Crippen LogP contribution in [0.4, 0.5) is 10.5 Å². The van der Waals surface area contributed by atoms with Gasteiger partial charge in [0.15, 0.2) is 8.32 Å². The molecule has 1 saturated heterocycles. The molecule has 0 spiro atoms. The molecule has 2 N–H and O–H groups in total. The number of para-hydroxylation sites is 2. The molecule has 2 aliphatic rings. The first-order valence-corrected chi connectivity index (χ1v) is 21.3. The van der Waals surface area contributed by atoms with Crippen LogP contribution in [0.25, 0.3) is 10.9 Å². The minimum atomic E-state index is -2.04. The molecular weight excluding hydrogens is 631 g/mol. The Kier molecular flexibility index (Phi) is 10.8. The summed E-state index contributed by atoms with van der Waals surface area (Å²) >= 11 is 0. The van der Waals surface area contributed by atoms with Gasteiger partial charge >= 0.3 is 6.09 Å². The van der Waals surface area contributed by atoms with Crippen LogP contribution in [0.2, 0.25) is 18.1 Å². The van der Waals surface area contributed by atoms with E-state index in [-0.39, 0.29) is 35.4 Å². The van der Waals surface area contributed by atoms with Crippen molar-refractivity contribution in [3.63, 3.8) is 0 Å². The van der Waals surface area contributed by atoms with Gasteiger partial charge in [0.2, 0.25) is 0 Å². The fraction of sp³-hybridized carbons (Fsp3) is 0.625. The van der Waals surface area contributed by atoms with E-state index < -0.39 is 26.2 Å². The first-order valence-electron chi connectivity index (χ1n) is 18.4. The van der Waals surface area contributed by atoms with E-state index in [1.165, 1.54) is 5.56 Å². The van der Waals surface area contributed by atoms with Crippen LogP contribution in [0.1, 0.15) is 109 Å². The van der Waals surface area contributed by atoms with Crippen LogP contribution in [-0.4, -0.2) is 65.8 Å². The summed E-state index contributed by atoms with van der Waals surface area (Å²) in [5.74, 6) is 0.509. The molecule has 1 fully saturated rings. The number of aliphatic hydroxyl groups is 2. The molecule has 4 atom stereocenters. The maximum absolute atomic E-state index is 14.4. The lowest BCUT2D eigenvalue weighted by Crippen LogP contribution is -2.56. The third kappa shape index (κ3) is 7.38. The number of carbonyl (C=O) groups excluding carboxylic acids is 1. The van der Waals surface area contributed by atoms with Crippen molar-refractivity contribution in [1.82, 2.24) is 9.58 Å². The SMILES string of the molecule is CC[C@H]1CN(N2c3c(cccc3C(C)C)C[C@H]2O)[C@H](c2c(CCO[Si](C)(C)C(C)(C)C)c3ccccc3n2C(=O)OC(C)(C)C)C[C@@H]1CO. The summed E-state index contributed by atoms with van der Waals surface area (Å²) in [6.07, 6.45) is 1.52. The van der Waals surface area contributed by atoms with Gasteiger partial charge in [0.1, 0.15) is 11.8 Å². The van der Waals surface area contributed by atoms with Gasteiger partial charge in [0.25, 0.3) is 0 Å². The Labute approximate surface area is 295 Å². The summed E-state index contributed by atoms with van der Waals surface area (Å²) in [5, 5.41) is 28.2. The molecule has 1 aromatic heterocycles. The van der Waals surface area contributed by atoms with Crippen LogP contribution in [0.5, 0.6) is 0 Å². The summed E-state index contributed by atoms with van der Waals surface area (Å²) < 4.78 is 14.7. The molecule has 3 heterocycles. The van der Waals surface area contributed by atoms with Crippen molar-refractivity contribution >= 4 is 31.0 Å². The lowest BCUT2D eigenvalue weighted by molar-refractivity contribution is -0.0110. The second-order valence-electron chi connectivity index (χ2n) is 17.1. The van der Waals surface area contributed by atoms with Crippen LogP contribution < -0.4 is 5.01 Å². The van der Waals surface area contributed by atoms with Crippen molar-refractivity contribution in [2.24, 2.45) is 11.8 Å². The summed E-state index contributed by atoms with van der Waals surface area (Å²) in [6, 6.07) is 14.2. The van der Waals surface area contributed by atoms with Crippen molar-refractivity contribution in [2.45, 2.75) is 130 Å². The fourth-order valence-corrected chi connectivity index (χ4v) is 8.66. The van der Waals surface area contributed by atoms with E-state index in [2.05, 4.69) is 88.9 Å². The van der Waals surface area contributed by atoms with Crippen LogP contribution in [0.3, 0.4) is 0 Å². The van der Waals surface area contributed by atoms with Crippen molar-refractivity contribution < 1.29 is 24.2 Å². The minimum Gasteiger partial charge on any atom is -0.443 e. The Morgan fingerprint density at radius 2 is 1.71 bits per heavy atom. The number of hydrogen-bond acceptors (Lipinski definition) is 7. The normalized spacial score (nSPS) is 22.3. The highest BCUT2D eigenvalue weighted by molar-refractivity contribution is 6.74. The van der Waals surface area contributed by atoms with Gasteiger partial charge in [-0.05, 0) is 92.3 Å². The van der Waals surface area contributed by atoms with E-state index in [4.69, 9.17) is 9.16 Å². The predicted octanol–water partition coefficient (Wildman–Crippen LogP) is 8.79. The maximum Gasteiger partial charge on any atom is 0.419 e. The highest BCUT2D eigenvalue weighted by Crippen LogP contribution is 2.48. The average molecular weight is 692 g/mol. The first kappa shape index (κ1) is 37.6. The van der Waals surface area contributed by atoms with E-state index >= 15 is 0 Å². The standard InChI is InChI=1S/C40H61N3O5Si/c1-12-27-24-41(43-35(45)23-28-16-15-18-30(26(2)3)36(28)43)34(22-29(27)25-44)37-32(20-21-47-49(10,11)40(7,8)9)31-17-13-14-19-33(31)42(37)38(46)48-39(4,5)6/h13-19,26-27,29,34-35,44-45H,12,20-25H2,1-11H3/t27-,29+,34-,35+/m0/s1. The molecule has 270 valence electrons. The van der Waals surface area contributed by atoms with Gasteiger partial charge in [-0.1, -0.05) is 84.4 Å². The highest BCUT2D eigenvalue weighted by Gasteiger charge is 2.46. The second-order valence-corrected chi connectivity index (χ2v) is 21.9. The van der Waals surface area contributed by atoms with Gasteiger partial charge in [-0.2, -0.15) is 0 Å². The number of hydrogen-bond donors (Lipinski definition) is 2. The summed E-state index contributed by atoms with van der Waals surface area (Å²) in [7, 11) is -2.04. The summed E-state index contributed by atoms with van der Waals surface area (Å²) in [5.41, 5.74) is 5.42. The third-order valence-corrected chi connectivity index (χ3v) is 15.8. The molecule has 9 heteroatoms. The quantitative estimate of drug-likeness (QED) is 0.217. The number of ether oxygens (including phenoxy) is 1. The molecule has 0 unspecified atom stereocenters. The molecular formula is C40H61N3O5Si. The molecule has 2 aromatic carbocycles. The summed E-state index contributed by atoms with van der Waals surface area (Å²) in [4.78, 5) is 14.4. The van der Waals surface area contributed by atoms with Crippen molar-refractivity contribution in [3.05, 3.63) is 64.8 Å². The molecule has 3 aromatic rings. The van der Waals surface area contributed by atoms with E-state index in [0.717, 1.165) is 39.8 Å². The maximum atomic E-state index is 14.4. The number of piperidine rings is 1. The first-order chi connectivity index (χ1) is 22.9. The average Bonchev–Trinajstić information content (AvgIpc) is 3.52. The van der Waals surface area contributed by atoms with E-state index in [1.807, 2.05) is 39.0 Å². The Hall–Kier alpha value is -2.69. The predicted molar refractivity (Wildman–Crippen MR) is 202 cm³/mol. The van der Waals surface area contributed by atoms with E-state index in [1.54, 1.807) is 4.57 Å². The number of anilines is 1. The topological polar surface area (TPSA) is 87.4 Å². The number of carbonyl (C=O) groups is 1. The van der Waals surface area contributed by atoms with Gasteiger partial charge < -0.3 is 19.4 Å². The lowest BCUT2D eigenvalue weighted by Gasteiger charge is -2.49. The van der Waals surface area contributed by atoms with Crippen molar-refractivity contribution in [3.8, 4) is 0 Å². The zero-order valence-electron chi connectivity index (χ0n) is 31.8. The lowest BCUT2D eigenvalue weighted by atomic mass is 9.80. The van der Waals surface area contributed by atoms with Crippen molar-refractivity contribution in [1.29, 1.82) is 0 Å². The number of nitrogens with zero attached hydrogens (tertiary/aromatic N) is 3. The molecule has 0 saturated carbocycles. The molecule has 8 nitrogen and oxygen atoms in total. The van der Waals surface area contributed by atoms with Gasteiger partial charge in [-0.3, -0.25) is 5.01 Å². The van der Waals surface area contributed by atoms with Gasteiger partial charge in [-0.15, -0.1) is 0 Å². The Bertz CT molecular complexity index is 1630. The Morgan fingerprint density at radius 1 is 1.02 bits per heavy atom. The second kappa shape index (κ2) is 14.1. The zero-order valence-corrected chi connectivity index (χ0v) is 32.8. The molecule has 5 rings (SSSR count). The van der Waals surface area contributed by atoms with Gasteiger partial charge in [0, 0.05) is 31.6 Å². The van der Waals surface area contributed by atoms with Crippen LogP contribution >= 0.6 is 0 Å². The zero-order chi connectivity index (χ0) is 36.1. The molecule has 0 aliphatic carbocycles. The molecule has 0 radical (unpaired) electrons. The summed E-state index contributed by atoms with van der Waals surface area (Å²) in [6.45, 7) is 24.8. The smallest absolute Gasteiger partial charge is 0.419 e. The number of rotatable bonds is 9. The minimum absolute atomic E-state index is 0.0345. The highest BCUT2D eigenvalue weighted by atomic mass is 28.4. The fourth-order valence-electron chi connectivity index (χ4n) is 7.62. The number of benzene rings is 2. The number of aliphatic hydroxyl groups excluding tert-OH is 2. The van der Waals surface area contributed by atoms with E-state index in [9.17, 15) is 15.0 Å². The molecule has 0 amide bonds. The number of fused-ring (bicyclic) bond motifs is 2. The molecule has 49 heavy (non-hydrogen) atoms. The number of hydrazine groups is 1.